The Morgan fingerprint density at radius 3 is 2.38 bits per heavy atom. The number of ketones is 1. The molecule has 132 valence electrons. The summed E-state index contributed by atoms with van der Waals surface area (Å²) in [4.78, 5) is 24.5. The molecule has 0 unspecified atom stereocenters. The number of esters is 1. The SMILES string of the molecule is COc1cn(-c2ccccc2)nc1C(=O)OCC(=O)c1ccc(C)cc1. The van der Waals surface area contributed by atoms with Crippen molar-refractivity contribution in [1.82, 2.24) is 9.78 Å². The fourth-order valence-electron chi connectivity index (χ4n) is 2.38. The van der Waals surface area contributed by atoms with Gasteiger partial charge in [-0.05, 0) is 19.1 Å². The van der Waals surface area contributed by atoms with E-state index in [0.29, 0.717) is 5.56 Å². The minimum atomic E-state index is -0.711. The summed E-state index contributed by atoms with van der Waals surface area (Å²) in [7, 11) is 1.45. The van der Waals surface area contributed by atoms with Gasteiger partial charge in [0, 0.05) is 5.56 Å². The molecule has 0 spiro atoms. The van der Waals surface area contributed by atoms with Crippen LogP contribution in [-0.2, 0) is 4.74 Å². The van der Waals surface area contributed by atoms with Gasteiger partial charge in [0.2, 0.25) is 5.69 Å². The van der Waals surface area contributed by atoms with Crippen molar-refractivity contribution in [3.63, 3.8) is 0 Å². The second-order valence-electron chi connectivity index (χ2n) is 5.69. The Morgan fingerprint density at radius 1 is 1.04 bits per heavy atom. The number of para-hydroxylation sites is 1. The van der Waals surface area contributed by atoms with Crippen molar-refractivity contribution >= 4 is 11.8 Å². The zero-order valence-electron chi connectivity index (χ0n) is 14.5. The Balaban J connectivity index is 1.72. The van der Waals surface area contributed by atoms with Crippen LogP contribution in [0.1, 0.15) is 26.4 Å². The van der Waals surface area contributed by atoms with Crippen LogP contribution in [0.4, 0.5) is 0 Å². The number of aromatic nitrogens is 2. The molecule has 6 nitrogen and oxygen atoms in total. The van der Waals surface area contributed by atoms with E-state index in [9.17, 15) is 9.59 Å². The number of hydrogen-bond acceptors (Lipinski definition) is 5. The highest BCUT2D eigenvalue weighted by molar-refractivity contribution is 5.99. The summed E-state index contributed by atoms with van der Waals surface area (Å²) in [6.45, 7) is 1.58. The lowest BCUT2D eigenvalue weighted by atomic mass is 10.1. The van der Waals surface area contributed by atoms with Crippen LogP contribution >= 0.6 is 0 Å². The van der Waals surface area contributed by atoms with Crippen LogP contribution in [0.3, 0.4) is 0 Å². The van der Waals surface area contributed by atoms with E-state index < -0.39 is 5.97 Å². The number of carbonyl (C=O) groups excluding carboxylic acids is 2. The molecule has 0 fully saturated rings. The molecule has 0 amide bonds. The molecule has 0 aliphatic rings. The summed E-state index contributed by atoms with van der Waals surface area (Å²) in [5, 5.41) is 4.22. The van der Waals surface area contributed by atoms with Gasteiger partial charge in [-0.1, -0.05) is 48.0 Å². The minimum absolute atomic E-state index is 0.0214. The van der Waals surface area contributed by atoms with Gasteiger partial charge in [-0.2, -0.15) is 5.10 Å². The maximum Gasteiger partial charge on any atom is 0.363 e. The number of nitrogens with zero attached hydrogens (tertiary/aromatic N) is 2. The lowest BCUT2D eigenvalue weighted by molar-refractivity contribution is 0.0465. The molecule has 0 N–H and O–H groups in total. The van der Waals surface area contributed by atoms with Crippen LogP contribution in [0.5, 0.6) is 5.75 Å². The van der Waals surface area contributed by atoms with Crippen LogP contribution in [0.15, 0.2) is 60.8 Å². The molecule has 26 heavy (non-hydrogen) atoms. The zero-order chi connectivity index (χ0) is 18.5. The van der Waals surface area contributed by atoms with Crippen molar-refractivity contribution in [2.45, 2.75) is 6.92 Å². The highest BCUT2D eigenvalue weighted by Crippen LogP contribution is 2.20. The third-order valence-corrected chi connectivity index (χ3v) is 3.82. The first-order chi connectivity index (χ1) is 12.6. The molecule has 0 atom stereocenters. The first kappa shape index (κ1) is 17.4. The highest BCUT2D eigenvalue weighted by Gasteiger charge is 2.21. The normalized spacial score (nSPS) is 10.4. The van der Waals surface area contributed by atoms with Gasteiger partial charge in [-0.3, -0.25) is 4.79 Å². The molecule has 6 heteroatoms. The monoisotopic (exact) mass is 350 g/mol. The molecule has 1 heterocycles. The van der Waals surface area contributed by atoms with Crippen molar-refractivity contribution in [2.24, 2.45) is 0 Å². The number of methoxy groups -OCH3 is 1. The zero-order valence-corrected chi connectivity index (χ0v) is 14.5. The molecule has 0 radical (unpaired) electrons. The van der Waals surface area contributed by atoms with E-state index in [1.165, 1.54) is 11.8 Å². The summed E-state index contributed by atoms with van der Waals surface area (Å²) in [5.74, 6) is -0.710. The number of aryl methyl sites for hydroxylation is 1. The summed E-state index contributed by atoms with van der Waals surface area (Å²) in [6, 6.07) is 16.4. The summed E-state index contributed by atoms with van der Waals surface area (Å²) >= 11 is 0. The number of ether oxygens (including phenoxy) is 2. The molecule has 0 aliphatic carbocycles. The van der Waals surface area contributed by atoms with Crippen molar-refractivity contribution in [3.05, 3.63) is 77.6 Å². The number of rotatable bonds is 6. The van der Waals surface area contributed by atoms with Crippen LogP contribution in [0.25, 0.3) is 5.69 Å². The Morgan fingerprint density at radius 2 is 1.73 bits per heavy atom. The molecular formula is C20H18N2O4. The van der Waals surface area contributed by atoms with Crippen LogP contribution in [-0.4, -0.2) is 35.2 Å². The molecule has 0 saturated carbocycles. The minimum Gasteiger partial charge on any atom is -0.493 e. The first-order valence-electron chi connectivity index (χ1n) is 8.04. The van der Waals surface area contributed by atoms with Gasteiger partial charge >= 0.3 is 5.97 Å². The lowest BCUT2D eigenvalue weighted by Gasteiger charge is -2.04. The Hall–Kier alpha value is -3.41. The van der Waals surface area contributed by atoms with Gasteiger partial charge in [0.15, 0.2) is 18.1 Å². The predicted octanol–water partition coefficient (Wildman–Crippen LogP) is 3.23. The van der Waals surface area contributed by atoms with E-state index in [0.717, 1.165) is 11.3 Å². The van der Waals surface area contributed by atoms with Crippen molar-refractivity contribution < 1.29 is 19.1 Å². The lowest BCUT2D eigenvalue weighted by Crippen LogP contribution is -2.15. The number of benzene rings is 2. The number of Topliss-reactive ketones (excluding diaryl/α,β-unsaturated/α-hetero) is 1. The average molecular weight is 350 g/mol. The van der Waals surface area contributed by atoms with Crippen molar-refractivity contribution in [1.29, 1.82) is 0 Å². The van der Waals surface area contributed by atoms with E-state index in [1.54, 1.807) is 18.3 Å². The van der Waals surface area contributed by atoms with Gasteiger partial charge in [-0.25, -0.2) is 9.48 Å². The van der Waals surface area contributed by atoms with Crippen LogP contribution < -0.4 is 4.74 Å². The third-order valence-electron chi connectivity index (χ3n) is 3.82. The number of hydrogen-bond donors (Lipinski definition) is 0. The predicted molar refractivity (Wildman–Crippen MR) is 95.9 cm³/mol. The molecule has 2 aromatic carbocycles. The second-order valence-corrected chi connectivity index (χ2v) is 5.69. The molecule has 3 rings (SSSR count). The first-order valence-corrected chi connectivity index (χ1v) is 8.04. The third kappa shape index (κ3) is 3.80. The van der Waals surface area contributed by atoms with Gasteiger partial charge in [0.1, 0.15) is 0 Å². The van der Waals surface area contributed by atoms with Crippen molar-refractivity contribution in [2.75, 3.05) is 13.7 Å². The Bertz CT molecular complexity index is 915. The highest BCUT2D eigenvalue weighted by atomic mass is 16.5. The van der Waals surface area contributed by atoms with E-state index in [-0.39, 0.29) is 23.8 Å². The van der Waals surface area contributed by atoms with Crippen LogP contribution in [0, 0.1) is 6.92 Å². The van der Waals surface area contributed by atoms with Crippen molar-refractivity contribution in [3.8, 4) is 11.4 Å². The second kappa shape index (κ2) is 7.65. The molecule has 1 aromatic heterocycles. The standard InChI is InChI=1S/C20H18N2O4/c1-14-8-10-15(11-9-14)17(23)13-26-20(24)19-18(25-2)12-22(21-19)16-6-4-3-5-7-16/h3-12H,13H2,1-2H3. The average Bonchev–Trinajstić information content (AvgIpc) is 3.11. The number of carbonyl (C=O) groups is 2. The molecule has 0 bridgehead atoms. The van der Waals surface area contributed by atoms with Gasteiger partial charge in [-0.15, -0.1) is 0 Å². The summed E-state index contributed by atoms with van der Waals surface area (Å²) in [5.41, 5.74) is 2.34. The maximum atomic E-state index is 12.3. The fraction of sp³-hybridized carbons (Fsp3) is 0.150. The summed E-state index contributed by atoms with van der Waals surface area (Å²) < 4.78 is 11.9. The van der Waals surface area contributed by atoms with Gasteiger partial charge in [0.05, 0.1) is 19.0 Å². The van der Waals surface area contributed by atoms with E-state index >= 15 is 0 Å². The maximum absolute atomic E-state index is 12.3. The van der Waals surface area contributed by atoms with E-state index in [2.05, 4.69) is 5.10 Å². The largest absolute Gasteiger partial charge is 0.493 e. The molecule has 0 aliphatic heterocycles. The molecular weight excluding hydrogens is 332 g/mol. The Labute approximate surface area is 151 Å². The Kier molecular flexibility index (Phi) is 5.12. The molecule has 0 saturated heterocycles. The summed E-state index contributed by atoms with van der Waals surface area (Å²) in [6.07, 6.45) is 1.59. The van der Waals surface area contributed by atoms with E-state index in [4.69, 9.17) is 9.47 Å². The van der Waals surface area contributed by atoms with E-state index in [1.807, 2.05) is 49.4 Å². The van der Waals surface area contributed by atoms with Crippen LogP contribution in [0.2, 0.25) is 0 Å². The molecule has 3 aromatic rings. The topological polar surface area (TPSA) is 70.4 Å². The quantitative estimate of drug-likeness (QED) is 0.504. The van der Waals surface area contributed by atoms with Gasteiger partial charge < -0.3 is 9.47 Å². The van der Waals surface area contributed by atoms with Gasteiger partial charge in [0.25, 0.3) is 0 Å². The fourth-order valence-corrected chi connectivity index (χ4v) is 2.38. The smallest absolute Gasteiger partial charge is 0.363 e.